The molecule has 5 rings (SSSR count). The van der Waals surface area contributed by atoms with E-state index in [2.05, 4.69) is 13.8 Å². The highest BCUT2D eigenvalue weighted by molar-refractivity contribution is 5.89. The third kappa shape index (κ3) is 5.05. The molecule has 5 heteroatoms. The second-order valence-corrected chi connectivity index (χ2v) is 8.77. The van der Waals surface area contributed by atoms with Gasteiger partial charge in [0.05, 0.1) is 5.39 Å². The standard InChI is InChI=1S/C31H24O5/c1-20(2)22-10-7-21(8-11-22)9-16-30(32)36-26-14-15-27-28(18-26)34-19-29(31(27)33)35-25-13-12-23-5-3-4-6-24(23)17-25/h3-20H,1-2H3/b16-9+. The molecule has 36 heavy (non-hydrogen) atoms. The number of carbonyl (C=O) groups excluding carboxylic acids is 1. The fraction of sp³-hybridized carbons (Fsp3) is 0.0968. The maximum Gasteiger partial charge on any atom is 0.336 e. The number of ether oxygens (including phenoxy) is 2. The van der Waals surface area contributed by atoms with E-state index in [9.17, 15) is 9.59 Å². The molecule has 0 aliphatic carbocycles. The summed E-state index contributed by atoms with van der Waals surface area (Å²) in [6.07, 6.45) is 4.33. The first-order valence-electron chi connectivity index (χ1n) is 11.7. The number of fused-ring (bicyclic) bond motifs is 2. The molecule has 4 aromatic carbocycles. The minimum atomic E-state index is -0.527. The molecule has 0 bridgehead atoms. The van der Waals surface area contributed by atoms with Crippen LogP contribution in [0.15, 0.2) is 106 Å². The van der Waals surface area contributed by atoms with Gasteiger partial charge in [-0.15, -0.1) is 0 Å². The zero-order valence-electron chi connectivity index (χ0n) is 19.9. The Morgan fingerprint density at radius 1 is 0.861 bits per heavy atom. The Balaban J connectivity index is 1.30. The maximum atomic E-state index is 13.0. The van der Waals surface area contributed by atoms with Crippen LogP contribution in [0, 0.1) is 0 Å². The number of benzene rings is 4. The molecule has 178 valence electrons. The van der Waals surface area contributed by atoms with Crippen molar-refractivity contribution >= 4 is 33.8 Å². The molecular weight excluding hydrogens is 452 g/mol. The van der Waals surface area contributed by atoms with Crippen molar-refractivity contribution in [2.24, 2.45) is 0 Å². The van der Waals surface area contributed by atoms with Crippen LogP contribution in [-0.2, 0) is 4.79 Å². The molecule has 0 saturated carbocycles. The molecule has 5 nitrogen and oxygen atoms in total. The molecule has 0 N–H and O–H groups in total. The van der Waals surface area contributed by atoms with Gasteiger partial charge in [0.15, 0.2) is 0 Å². The quantitative estimate of drug-likeness (QED) is 0.144. The minimum Gasteiger partial charge on any atom is -0.460 e. The van der Waals surface area contributed by atoms with Crippen molar-refractivity contribution in [2.45, 2.75) is 19.8 Å². The molecule has 0 radical (unpaired) electrons. The van der Waals surface area contributed by atoms with Crippen LogP contribution in [0.1, 0.15) is 30.9 Å². The lowest BCUT2D eigenvalue weighted by Crippen LogP contribution is -2.06. The number of esters is 1. The second kappa shape index (κ2) is 9.92. The van der Waals surface area contributed by atoms with Gasteiger partial charge in [-0.1, -0.05) is 68.4 Å². The monoisotopic (exact) mass is 476 g/mol. The summed E-state index contributed by atoms with van der Waals surface area (Å²) in [6, 6.07) is 26.1. The number of carbonyl (C=O) groups is 1. The topological polar surface area (TPSA) is 65.7 Å². The molecular formula is C31H24O5. The van der Waals surface area contributed by atoms with E-state index in [1.165, 1.54) is 24.0 Å². The van der Waals surface area contributed by atoms with Crippen molar-refractivity contribution in [1.29, 1.82) is 0 Å². The van der Waals surface area contributed by atoms with Gasteiger partial charge in [-0.2, -0.15) is 0 Å². The molecule has 1 aromatic heterocycles. The highest BCUT2D eigenvalue weighted by atomic mass is 16.5. The van der Waals surface area contributed by atoms with Gasteiger partial charge >= 0.3 is 5.97 Å². The lowest BCUT2D eigenvalue weighted by Gasteiger charge is -2.08. The second-order valence-electron chi connectivity index (χ2n) is 8.77. The van der Waals surface area contributed by atoms with Gasteiger partial charge in [0.2, 0.25) is 11.2 Å². The zero-order chi connectivity index (χ0) is 25.1. The summed E-state index contributed by atoms with van der Waals surface area (Å²) in [5.74, 6) is 0.812. The van der Waals surface area contributed by atoms with E-state index in [-0.39, 0.29) is 16.9 Å². The first kappa shape index (κ1) is 23.1. The highest BCUT2D eigenvalue weighted by Gasteiger charge is 2.12. The van der Waals surface area contributed by atoms with Gasteiger partial charge < -0.3 is 13.9 Å². The van der Waals surface area contributed by atoms with E-state index in [1.807, 2.05) is 60.7 Å². The zero-order valence-corrected chi connectivity index (χ0v) is 19.9. The van der Waals surface area contributed by atoms with Gasteiger partial charge in [-0.3, -0.25) is 4.79 Å². The Morgan fingerprint density at radius 3 is 2.39 bits per heavy atom. The molecule has 0 unspecified atom stereocenters. The molecule has 1 heterocycles. The summed E-state index contributed by atoms with van der Waals surface area (Å²) in [7, 11) is 0. The van der Waals surface area contributed by atoms with E-state index in [0.717, 1.165) is 16.3 Å². The van der Waals surface area contributed by atoms with Gasteiger partial charge in [-0.05, 0) is 58.2 Å². The molecule has 0 aliphatic heterocycles. The average Bonchev–Trinajstić information content (AvgIpc) is 2.89. The van der Waals surface area contributed by atoms with Crippen molar-refractivity contribution < 1.29 is 18.7 Å². The van der Waals surface area contributed by atoms with E-state index in [1.54, 1.807) is 24.3 Å². The smallest absolute Gasteiger partial charge is 0.336 e. The van der Waals surface area contributed by atoms with Crippen LogP contribution in [0.4, 0.5) is 0 Å². The van der Waals surface area contributed by atoms with Gasteiger partial charge in [0.25, 0.3) is 0 Å². The van der Waals surface area contributed by atoms with E-state index >= 15 is 0 Å². The SMILES string of the molecule is CC(C)c1ccc(/C=C/C(=O)Oc2ccc3c(=O)c(Oc4ccc5ccccc5c4)coc3c2)cc1. The van der Waals surface area contributed by atoms with Crippen LogP contribution >= 0.6 is 0 Å². The Labute approximate surface area is 208 Å². The number of hydrogen-bond acceptors (Lipinski definition) is 5. The molecule has 0 amide bonds. The van der Waals surface area contributed by atoms with Crippen molar-refractivity contribution in [3.05, 3.63) is 119 Å². The van der Waals surface area contributed by atoms with Crippen molar-refractivity contribution in [3.8, 4) is 17.2 Å². The maximum absolute atomic E-state index is 13.0. The van der Waals surface area contributed by atoms with Crippen molar-refractivity contribution in [3.63, 3.8) is 0 Å². The Bertz CT molecular complexity index is 1640. The molecule has 0 saturated heterocycles. The molecule has 0 spiro atoms. The number of rotatable bonds is 6. The normalized spacial score (nSPS) is 11.4. The third-order valence-corrected chi connectivity index (χ3v) is 5.90. The fourth-order valence-corrected chi connectivity index (χ4v) is 3.89. The Hall–Kier alpha value is -4.64. The van der Waals surface area contributed by atoms with Crippen molar-refractivity contribution in [2.75, 3.05) is 0 Å². The first-order valence-corrected chi connectivity index (χ1v) is 11.7. The van der Waals surface area contributed by atoms with Gasteiger partial charge in [0, 0.05) is 12.1 Å². The van der Waals surface area contributed by atoms with Crippen LogP contribution in [-0.4, -0.2) is 5.97 Å². The Kier molecular flexibility index (Phi) is 6.37. The summed E-state index contributed by atoms with van der Waals surface area (Å²) in [5, 5.41) is 2.42. The van der Waals surface area contributed by atoms with E-state index < -0.39 is 5.97 Å². The molecule has 0 fully saturated rings. The summed E-state index contributed by atoms with van der Waals surface area (Å²) < 4.78 is 16.8. The summed E-state index contributed by atoms with van der Waals surface area (Å²) in [6.45, 7) is 4.26. The largest absolute Gasteiger partial charge is 0.460 e. The lowest BCUT2D eigenvalue weighted by molar-refractivity contribution is -0.128. The van der Waals surface area contributed by atoms with Crippen molar-refractivity contribution in [1.82, 2.24) is 0 Å². The average molecular weight is 477 g/mol. The predicted molar refractivity (Wildman–Crippen MR) is 142 cm³/mol. The number of hydrogen-bond donors (Lipinski definition) is 0. The van der Waals surface area contributed by atoms with Crippen LogP contribution in [0.3, 0.4) is 0 Å². The molecule has 5 aromatic rings. The van der Waals surface area contributed by atoms with Crippen LogP contribution < -0.4 is 14.9 Å². The summed E-state index contributed by atoms with van der Waals surface area (Å²) in [5.41, 5.74) is 2.12. The molecule has 0 atom stereocenters. The minimum absolute atomic E-state index is 0.0777. The summed E-state index contributed by atoms with van der Waals surface area (Å²) in [4.78, 5) is 25.2. The van der Waals surface area contributed by atoms with Gasteiger partial charge in [0.1, 0.15) is 23.3 Å². The summed E-state index contributed by atoms with van der Waals surface area (Å²) >= 11 is 0. The molecule has 0 aliphatic rings. The lowest BCUT2D eigenvalue weighted by atomic mass is 10.0. The van der Waals surface area contributed by atoms with Crippen LogP contribution in [0.2, 0.25) is 0 Å². The van der Waals surface area contributed by atoms with E-state index in [0.29, 0.717) is 22.6 Å². The predicted octanol–water partition coefficient (Wildman–Crippen LogP) is 7.48. The fourth-order valence-electron chi connectivity index (χ4n) is 3.89. The highest BCUT2D eigenvalue weighted by Crippen LogP contribution is 2.27. The first-order chi connectivity index (χ1) is 17.5. The van der Waals surface area contributed by atoms with Gasteiger partial charge in [-0.25, -0.2) is 4.79 Å². The Morgan fingerprint density at radius 2 is 1.61 bits per heavy atom. The van der Waals surface area contributed by atoms with Crippen LogP contribution in [0.5, 0.6) is 17.2 Å². The van der Waals surface area contributed by atoms with Crippen LogP contribution in [0.25, 0.3) is 27.8 Å². The van der Waals surface area contributed by atoms with E-state index in [4.69, 9.17) is 13.9 Å². The third-order valence-electron chi connectivity index (χ3n) is 5.90.